The van der Waals surface area contributed by atoms with Crippen molar-refractivity contribution < 1.29 is 28.6 Å². The average Bonchev–Trinajstić information content (AvgIpc) is 2.98. The zero-order valence-electron chi connectivity index (χ0n) is 24.2. The van der Waals surface area contributed by atoms with Crippen LogP contribution in [0.2, 0.25) is 0 Å². The number of carbonyl (C=O) groups excluding carboxylic acids is 3. The second-order valence-electron chi connectivity index (χ2n) is 9.12. The first-order chi connectivity index (χ1) is 19.7. The zero-order valence-corrected chi connectivity index (χ0v) is 24.2. The van der Waals surface area contributed by atoms with Crippen LogP contribution in [0.3, 0.4) is 0 Å². The average molecular weight is 564 g/mol. The predicted molar refractivity (Wildman–Crippen MR) is 157 cm³/mol. The van der Waals surface area contributed by atoms with Gasteiger partial charge in [0.05, 0.1) is 25.5 Å². The normalized spacial score (nSPS) is 11.3. The maximum atomic E-state index is 12.9. The number of aldehydes is 1. The van der Waals surface area contributed by atoms with Gasteiger partial charge in [0.15, 0.2) is 0 Å². The number of methoxy groups -OCH3 is 2. The summed E-state index contributed by atoms with van der Waals surface area (Å²) in [5.74, 6) is 1.25. The molecule has 0 saturated heterocycles. The molecule has 0 bridgehead atoms. The van der Waals surface area contributed by atoms with Gasteiger partial charge in [-0.2, -0.15) is 0 Å². The van der Waals surface area contributed by atoms with Crippen LogP contribution in [0.5, 0.6) is 17.4 Å². The molecule has 3 rings (SSSR count). The van der Waals surface area contributed by atoms with E-state index in [4.69, 9.17) is 9.47 Å². The first-order valence-electron chi connectivity index (χ1n) is 12.7. The van der Waals surface area contributed by atoms with Gasteiger partial charge in [-0.1, -0.05) is 36.8 Å². The van der Waals surface area contributed by atoms with Gasteiger partial charge in [-0.15, -0.1) is 0 Å². The Hall–Kier alpha value is -4.77. The summed E-state index contributed by atoms with van der Waals surface area (Å²) in [5.41, 5.74) is 2.44. The number of nitrogens with one attached hydrogen (secondary N) is 1. The number of ether oxygens (including phenoxy) is 3. The highest BCUT2D eigenvalue weighted by Crippen LogP contribution is 2.24. The van der Waals surface area contributed by atoms with Crippen LogP contribution in [-0.4, -0.2) is 74.4 Å². The van der Waals surface area contributed by atoms with Gasteiger partial charge in [0.1, 0.15) is 17.8 Å². The van der Waals surface area contributed by atoms with Gasteiger partial charge in [-0.05, 0) is 42.8 Å². The van der Waals surface area contributed by atoms with Crippen LogP contribution in [0.15, 0.2) is 71.9 Å². The van der Waals surface area contributed by atoms with Crippen molar-refractivity contribution in [2.75, 3.05) is 34.9 Å². The summed E-state index contributed by atoms with van der Waals surface area (Å²) in [5, 5.41) is 2.71. The Morgan fingerprint density at radius 3 is 2.17 bits per heavy atom. The lowest BCUT2D eigenvalue weighted by Gasteiger charge is -2.24. The Balaban J connectivity index is 0.00000187. The molecule has 3 aromatic rings. The Morgan fingerprint density at radius 1 is 1.00 bits per heavy atom. The summed E-state index contributed by atoms with van der Waals surface area (Å²) < 4.78 is 15.1. The van der Waals surface area contributed by atoms with E-state index in [0.717, 1.165) is 17.4 Å². The third-order valence-corrected chi connectivity index (χ3v) is 5.47. The highest BCUT2D eigenvalue weighted by Gasteiger charge is 2.19. The molecule has 0 saturated carbocycles. The fraction of sp³-hybridized carbons (Fsp3) is 0.300. The molecule has 41 heavy (non-hydrogen) atoms. The molecule has 0 unspecified atom stereocenters. The zero-order chi connectivity index (χ0) is 30.2. The quantitative estimate of drug-likeness (QED) is 0.218. The van der Waals surface area contributed by atoms with Crippen LogP contribution < -0.4 is 14.8 Å². The van der Waals surface area contributed by atoms with Crippen LogP contribution in [0.4, 0.5) is 10.5 Å². The summed E-state index contributed by atoms with van der Waals surface area (Å²) in [6.07, 6.45) is 2.94. The number of hydrogen-bond acceptors (Lipinski definition) is 8. The molecule has 11 heteroatoms. The molecule has 1 heterocycles. The topological polar surface area (TPSA) is 123 Å². The standard InChI is InChI=1S/C28H31N5O5.C2H6O/c1-20-5-7-22(8-6-20)17-33(19-35)27(31-28(36)32(3)16-21(2)18-34)30-23-9-11-24(12-10-23)38-26-14-13-25(37-4)15-29-26;1-3-2/h5-15,18-19,21H,16-17H2,1-4H3,(H,30,31,36);1-2H3/t21-;/m0./s1. The summed E-state index contributed by atoms with van der Waals surface area (Å²) >= 11 is 0. The van der Waals surface area contributed by atoms with Gasteiger partial charge >= 0.3 is 6.03 Å². The maximum Gasteiger partial charge on any atom is 0.323 e. The van der Waals surface area contributed by atoms with Crippen LogP contribution in [0.1, 0.15) is 18.1 Å². The van der Waals surface area contributed by atoms with Gasteiger partial charge in [-0.25, -0.2) is 14.8 Å². The molecule has 0 aliphatic heterocycles. The van der Waals surface area contributed by atoms with E-state index < -0.39 is 6.03 Å². The minimum Gasteiger partial charge on any atom is -0.495 e. The number of aryl methyl sites for hydroxylation is 1. The number of benzene rings is 2. The molecule has 3 amide bonds. The molecule has 1 atom stereocenters. The second-order valence-corrected chi connectivity index (χ2v) is 9.12. The van der Waals surface area contributed by atoms with E-state index in [-0.39, 0.29) is 25.0 Å². The van der Waals surface area contributed by atoms with Gasteiger partial charge in [0, 0.05) is 39.8 Å². The Bertz CT molecular complexity index is 1260. The molecular weight excluding hydrogens is 526 g/mol. The maximum absolute atomic E-state index is 12.9. The second kappa shape index (κ2) is 17.0. The fourth-order valence-electron chi connectivity index (χ4n) is 3.34. The molecule has 0 radical (unpaired) electrons. The summed E-state index contributed by atoms with van der Waals surface area (Å²) in [4.78, 5) is 47.3. The number of nitrogens with zero attached hydrogens (tertiary/aromatic N) is 4. The summed E-state index contributed by atoms with van der Waals surface area (Å²) in [6, 6.07) is 17.4. The highest BCUT2D eigenvalue weighted by atomic mass is 16.5. The fourth-order valence-corrected chi connectivity index (χ4v) is 3.34. The number of urea groups is 1. The van der Waals surface area contributed by atoms with Crippen LogP contribution in [0, 0.1) is 12.8 Å². The third kappa shape index (κ3) is 11.1. The number of pyridine rings is 1. The van der Waals surface area contributed by atoms with Crippen molar-refractivity contribution in [3.05, 3.63) is 78.0 Å². The molecule has 2 aromatic carbocycles. The van der Waals surface area contributed by atoms with Gasteiger partial charge in [0.25, 0.3) is 0 Å². The number of rotatable bonds is 10. The van der Waals surface area contributed by atoms with Gasteiger partial charge in [0.2, 0.25) is 18.2 Å². The molecule has 1 aromatic heterocycles. The van der Waals surface area contributed by atoms with Crippen molar-refractivity contribution in [2.24, 2.45) is 10.9 Å². The molecule has 0 spiro atoms. The number of aliphatic imine (C=N–C) groups is 1. The van der Waals surface area contributed by atoms with E-state index in [9.17, 15) is 14.4 Å². The van der Waals surface area contributed by atoms with Crippen molar-refractivity contribution >= 4 is 30.4 Å². The SMILES string of the molecule is COC.COc1ccc(Oc2ccc(N=C(NC(=O)N(C)C[C@H](C)C=O)N(C=O)Cc3ccc(C)cc3)cc2)nc1. The third-order valence-electron chi connectivity index (χ3n) is 5.47. The number of aromatic nitrogens is 1. The summed E-state index contributed by atoms with van der Waals surface area (Å²) in [6.45, 7) is 4.10. The van der Waals surface area contributed by atoms with Crippen molar-refractivity contribution in [1.29, 1.82) is 0 Å². The molecule has 218 valence electrons. The number of amides is 3. The first-order valence-corrected chi connectivity index (χ1v) is 12.7. The molecule has 0 aliphatic rings. The van der Waals surface area contributed by atoms with E-state index in [1.54, 1.807) is 77.9 Å². The number of carbonyl (C=O) groups is 3. The predicted octanol–water partition coefficient (Wildman–Crippen LogP) is 4.58. The van der Waals surface area contributed by atoms with Crippen molar-refractivity contribution in [1.82, 2.24) is 20.1 Å². The van der Waals surface area contributed by atoms with Crippen molar-refractivity contribution in [3.63, 3.8) is 0 Å². The van der Waals surface area contributed by atoms with Crippen LogP contribution in [-0.2, 0) is 20.9 Å². The lowest BCUT2D eigenvalue weighted by atomic mass is 10.1. The summed E-state index contributed by atoms with van der Waals surface area (Å²) in [7, 11) is 6.38. The number of guanidine groups is 1. The first kappa shape index (κ1) is 32.4. The van der Waals surface area contributed by atoms with E-state index in [1.165, 1.54) is 9.80 Å². The van der Waals surface area contributed by atoms with Crippen molar-refractivity contribution in [2.45, 2.75) is 20.4 Å². The van der Waals surface area contributed by atoms with Crippen LogP contribution >= 0.6 is 0 Å². The Labute approximate surface area is 240 Å². The van der Waals surface area contributed by atoms with Gasteiger partial charge < -0.3 is 23.9 Å². The van der Waals surface area contributed by atoms with E-state index in [2.05, 4.69) is 20.0 Å². The lowest BCUT2D eigenvalue weighted by Crippen LogP contribution is -2.48. The van der Waals surface area contributed by atoms with E-state index >= 15 is 0 Å². The molecule has 0 aliphatic carbocycles. The van der Waals surface area contributed by atoms with Gasteiger partial charge in [-0.3, -0.25) is 15.0 Å². The number of hydrogen-bond donors (Lipinski definition) is 1. The smallest absolute Gasteiger partial charge is 0.323 e. The van der Waals surface area contributed by atoms with Crippen LogP contribution in [0.25, 0.3) is 0 Å². The Morgan fingerprint density at radius 2 is 1.63 bits per heavy atom. The minimum atomic E-state index is -0.501. The van der Waals surface area contributed by atoms with Crippen molar-refractivity contribution in [3.8, 4) is 17.4 Å². The monoisotopic (exact) mass is 563 g/mol. The highest BCUT2D eigenvalue weighted by molar-refractivity contribution is 6.01. The lowest BCUT2D eigenvalue weighted by molar-refractivity contribution is -0.115. The molecule has 1 N–H and O–H groups in total. The largest absolute Gasteiger partial charge is 0.495 e. The van der Waals surface area contributed by atoms with E-state index in [1.807, 2.05) is 31.2 Å². The molecular formula is C30H37N5O6. The Kier molecular flexibility index (Phi) is 13.5. The molecule has 11 nitrogen and oxygen atoms in total. The minimum absolute atomic E-state index is 0.0432. The van der Waals surface area contributed by atoms with E-state index in [0.29, 0.717) is 29.5 Å². The molecule has 0 fully saturated rings.